The third kappa shape index (κ3) is 4.71. The molecule has 2 amide bonds. The monoisotopic (exact) mass is 387 g/mol. The summed E-state index contributed by atoms with van der Waals surface area (Å²) in [5, 5.41) is 3.15. The number of hydrogen-bond acceptors (Lipinski definition) is 4. The highest BCUT2D eigenvalue weighted by molar-refractivity contribution is 6.30. The number of amides is 2. The number of piperazine rings is 1. The van der Waals surface area contributed by atoms with E-state index in [0.29, 0.717) is 36.8 Å². The molecule has 0 radical (unpaired) electrons. The lowest BCUT2D eigenvalue weighted by Gasteiger charge is -2.36. The molecule has 0 saturated carbocycles. The van der Waals surface area contributed by atoms with Gasteiger partial charge in [0.15, 0.2) is 0 Å². The molecule has 0 unspecified atom stereocenters. The molecule has 0 aliphatic carbocycles. The molecule has 2 aromatic rings. The molecule has 1 heterocycles. The first kappa shape index (κ1) is 19.0. The standard InChI is InChI=1S/C20H22ClN3O3/c1-27-18-8-3-2-7-17(18)23-9-11-24(12-10-23)19(25)14-22-20(26)15-5-4-6-16(21)13-15/h2-8,13H,9-12,14H2,1H3,(H,22,26). The first-order valence-electron chi connectivity index (χ1n) is 8.78. The number of nitrogens with zero attached hydrogens (tertiary/aromatic N) is 2. The molecule has 1 saturated heterocycles. The van der Waals surface area contributed by atoms with Crippen LogP contribution in [-0.4, -0.2) is 56.5 Å². The minimum absolute atomic E-state index is 0.0278. The lowest BCUT2D eigenvalue weighted by molar-refractivity contribution is -0.130. The van der Waals surface area contributed by atoms with E-state index >= 15 is 0 Å². The Morgan fingerprint density at radius 3 is 2.52 bits per heavy atom. The van der Waals surface area contributed by atoms with Crippen molar-refractivity contribution < 1.29 is 14.3 Å². The Bertz CT molecular complexity index is 820. The molecule has 142 valence electrons. The number of halogens is 1. The Balaban J connectivity index is 1.50. The highest BCUT2D eigenvalue weighted by atomic mass is 35.5. The van der Waals surface area contributed by atoms with Gasteiger partial charge in [-0.2, -0.15) is 0 Å². The lowest BCUT2D eigenvalue weighted by atomic mass is 10.2. The van der Waals surface area contributed by atoms with Crippen LogP contribution >= 0.6 is 11.6 Å². The number of benzene rings is 2. The number of nitrogens with one attached hydrogen (secondary N) is 1. The number of carbonyl (C=O) groups excluding carboxylic acids is 2. The van der Waals surface area contributed by atoms with E-state index in [1.807, 2.05) is 24.3 Å². The lowest BCUT2D eigenvalue weighted by Crippen LogP contribution is -2.51. The van der Waals surface area contributed by atoms with Crippen LogP contribution in [0.3, 0.4) is 0 Å². The van der Waals surface area contributed by atoms with Crippen molar-refractivity contribution in [3.63, 3.8) is 0 Å². The maximum atomic E-state index is 12.4. The van der Waals surface area contributed by atoms with Crippen LogP contribution in [0.25, 0.3) is 0 Å². The molecular formula is C20H22ClN3O3. The quantitative estimate of drug-likeness (QED) is 0.856. The third-order valence-electron chi connectivity index (χ3n) is 4.55. The second-order valence-electron chi connectivity index (χ2n) is 6.23. The maximum absolute atomic E-state index is 12.4. The Kier molecular flexibility index (Phi) is 6.19. The molecule has 6 nitrogen and oxygen atoms in total. The van der Waals surface area contributed by atoms with Crippen LogP contribution in [0.1, 0.15) is 10.4 Å². The number of methoxy groups -OCH3 is 1. The Labute approximate surface area is 163 Å². The number of rotatable bonds is 5. The van der Waals surface area contributed by atoms with Crippen molar-refractivity contribution in [2.75, 3.05) is 44.7 Å². The summed E-state index contributed by atoms with van der Waals surface area (Å²) in [6, 6.07) is 14.5. The van der Waals surface area contributed by atoms with Crippen molar-refractivity contribution >= 4 is 29.1 Å². The van der Waals surface area contributed by atoms with E-state index in [-0.39, 0.29) is 18.4 Å². The van der Waals surface area contributed by atoms with Gasteiger partial charge in [-0.1, -0.05) is 29.8 Å². The predicted molar refractivity (Wildman–Crippen MR) is 106 cm³/mol. The number of hydrogen-bond donors (Lipinski definition) is 1. The third-order valence-corrected chi connectivity index (χ3v) is 4.78. The van der Waals surface area contributed by atoms with Crippen LogP contribution in [-0.2, 0) is 4.79 Å². The fraction of sp³-hybridized carbons (Fsp3) is 0.300. The van der Waals surface area contributed by atoms with Crippen molar-refractivity contribution in [2.45, 2.75) is 0 Å². The van der Waals surface area contributed by atoms with Gasteiger partial charge in [0.05, 0.1) is 19.3 Å². The molecule has 3 rings (SSSR count). The Hall–Kier alpha value is -2.73. The molecule has 0 aromatic heterocycles. The average Bonchev–Trinajstić information content (AvgIpc) is 2.71. The number of ether oxygens (including phenoxy) is 1. The summed E-state index contributed by atoms with van der Waals surface area (Å²) in [6.45, 7) is 2.61. The topological polar surface area (TPSA) is 61.9 Å². The largest absolute Gasteiger partial charge is 0.495 e. The minimum atomic E-state index is -0.307. The second-order valence-corrected chi connectivity index (χ2v) is 6.67. The molecule has 0 bridgehead atoms. The minimum Gasteiger partial charge on any atom is -0.495 e. The predicted octanol–water partition coefficient (Wildman–Crippen LogP) is 2.43. The zero-order chi connectivity index (χ0) is 19.2. The zero-order valence-electron chi connectivity index (χ0n) is 15.2. The smallest absolute Gasteiger partial charge is 0.251 e. The van der Waals surface area contributed by atoms with E-state index in [1.165, 1.54) is 0 Å². The maximum Gasteiger partial charge on any atom is 0.251 e. The van der Waals surface area contributed by atoms with Gasteiger partial charge >= 0.3 is 0 Å². The van der Waals surface area contributed by atoms with Gasteiger partial charge < -0.3 is 19.9 Å². The average molecular weight is 388 g/mol. The van der Waals surface area contributed by atoms with Crippen LogP contribution in [0.2, 0.25) is 5.02 Å². The zero-order valence-corrected chi connectivity index (χ0v) is 15.9. The van der Waals surface area contributed by atoms with Crippen LogP contribution in [0, 0.1) is 0 Å². The van der Waals surface area contributed by atoms with Crippen LogP contribution in [0.5, 0.6) is 5.75 Å². The molecule has 1 aliphatic heterocycles. The normalized spacial score (nSPS) is 14.0. The number of carbonyl (C=O) groups is 2. The SMILES string of the molecule is COc1ccccc1N1CCN(C(=O)CNC(=O)c2cccc(Cl)c2)CC1. The summed E-state index contributed by atoms with van der Waals surface area (Å²) in [5.41, 5.74) is 1.47. The van der Waals surface area contributed by atoms with Crippen molar-refractivity contribution in [3.8, 4) is 5.75 Å². The molecule has 1 fully saturated rings. The fourth-order valence-electron chi connectivity index (χ4n) is 3.09. The Morgan fingerprint density at radius 2 is 1.81 bits per heavy atom. The van der Waals surface area contributed by atoms with E-state index < -0.39 is 0 Å². The highest BCUT2D eigenvalue weighted by Gasteiger charge is 2.23. The van der Waals surface area contributed by atoms with Gasteiger partial charge in [-0.25, -0.2) is 0 Å². The van der Waals surface area contributed by atoms with Crippen molar-refractivity contribution in [1.29, 1.82) is 0 Å². The summed E-state index contributed by atoms with van der Waals surface area (Å²) >= 11 is 5.89. The summed E-state index contributed by atoms with van der Waals surface area (Å²) < 4.78 is 5.41. The van der Waals surface area contributed by atoms with Crippen LogP contribution in [0.15, 0.2) is 48.5 Å². The van der Waals surface area contributed by atoms with Gasteiger partial charge in [0.25, 0.3) is 5.91 Å². The summed E-state index contributed by atoms with van der Waals surface area (Å²) in [4.78, 5) is 28.5. The molecule has 1 N–H and O–H groups in total. The fourth-order valence-corrected chi connectivity index (χ4v) is 3.28. The molecule has 1 aliphatic rings. The molecular weight excluding hydrogens is 366 g/mol. The second kappa shape index (κ2) is 8.77. The van der Waals surface area contributed by atoms with Crippen LogP contribution < -0.4 is 15.0 Å². The summed E-state index contributed by atoms with van der Waals surface area (Å²) in [6.07, 6.45) is 0. The molecule has 2 aromatic carbocycles. The van der Waals surface area contributed by atoms with Gasteiger partial charge in [0.2, 0.25) is 5.91 Å². The first-order chi connectivity index (χ1) is 13.1. The van der Waals surface area contributed by atoms with Gasteiger partial charge in [-0.3, -0.25) is 9.59 Å². The molecule has 0 atom stereocenters. The summed E-state index contributed by atoms with van der Waals surface area (Å²) in [5.74, 6) is 0.426. The van der Waals surface area contributed by atoms with Gasteiger partial charge in [0, 0.05) is 36.8 Å². The highest BCUT2D eigenvalue weighted by Crippen LogP contribution is 2.28. The molecule has 27 heavy (non-hydrogen) atoms. The van der Waals surface area contributed by atoms with E-state index in [2.05, 4.69) is 10.2 Å². The molecule has 0 spiro atoms. The number of para-hydroxylation sites is 2. The van der Waals surface area contributed by atoms with E-state index in [9.17, 15) is 9.59 Å². The van der Waals surface area contributed by atoms with Crippen molar-refractivity contribution in [3.05, 3.63) is 59.1 Å². The van der Waals surface area contributed by atoms with Gasteiger partial charge in [0.1, 0.15) is 5.75 Å². The first-order valence-corrected chi connectivity index (χ1v) is 9.16. The van der Waals surface area contributed by atoms with Gasteiger partial charge in [-0.05, 0) is 30.3 Å². The van der Waals surface area contributed by atoms with Gasteiger partial charge in [-0.15, -0.1) is 0 Å². The van der Waals surface area contributed by atoms with Crippen molar-refractivity contribution in [1.82, 2.24) is 10.2 Å². The Morgan fingerprint density at radius 1 is 1.07 bits per heavy atom. The van der Waals surface area contributed by atoms with E-state index in [1.54, 1.807) is 36.3 Å². The van der Waals surface area contributed by atoms with E-state index in [0.717, 1.165) is 11.4 Å². The van der Waals surface area contributed by atoms with Crippen molar-refractivity contribution in [2.24, 2.45) is 0 Å². The summed E-state index contributed by atoms with van der Waals surface area (Å²) in [7, 11) is 1.65. The number of anilines is 1. The van der Waals surface area contributed by atoms with Crippen LogP contribution in [0.4, 0.5) is 5.69 Å². The molecule has 7 heteroatoms. The van der Waals surface area contributed by atoms with E-state index in [4.69, 9.17) is 16.3 Å².